The lowest BCUT2D eigenvalue weighted by Gasteiger charge is -2.17. The molecule has 118 valence electrons. The van der Waals surface area contributed by atoms with Gasteiger partial charge in [0.15, 0.2) is 0 Å². The fraction of sp³-hybridized carbons (Fsp3) is 0.400. The number of amides is 1. The minimum Gasteiger partial charge on any atom is -0.352 e. The minimum absolute atomic E-state index is 0.0282. The van der Waals surface area contributed by atoms with E-state index in [1.54, 1.807) is 0 Å². The molecular weight excluding hydrogens is 325 g/mol. The van der Waals surface area contributed by atoms with E-state index in [0.29, 0.717) is 26.9 Å². The molecule has 0 aliphatic carbocycles. The largest absolute Gasteiger partial charge is 0.352 e. The Morgan fingerprint density at radius 1 is 1.32 bits per heavy atom. The zero-order valence-corrected chi connectivity index (χ0v) is 14.1. The number of carbonyl (C=O) groups is 1. The van der Waals surface area contributed by atoms with Gasteiger partial charge in [0.05, 0.1) is 22.3 Å². The molecule has 0 radical (unpaired) electrons. The summed E-state index contributed by atoms with van der Waals surface area (Å²) >= 11 is 11.9. The van der Waals surface area contributed by atoms with Crippen molar-refractivity contribution in [3.63, 3.8) is 0 Å². The summed E-state index contributed by atoms with van der Waals surface area (Å²) in [5, 5.41) is 3.81. The van der Waals surface area contributed by atoms with Gasteiger partial charge in [-0.25, -0.2) is 4.98 Å². The van der Waals surface area contributed by atoms with Gasteiger partial charge < -0.3 is 5.32 Å². The van der Waals surface area contributed by atoms with E-state index >= 15 is 0 Å². The van der Waals surface area contributed by atoms with Crippen LogP contribution in [-0.2, 0) is 11.3 Å². The molecule has 5 nitrogen and oxygen atoms in total. The van der Waals surface area contributed by atoms with Gasteiger partial charge in [-0.2, -0.15) is 0 Å². The number of benzene rings is 1. The number of carbonyl (C=O) groups excluding carboxylic acids is 1. The van der Waals surface area contributed by atoms with E-state index in [2.05, 4.69) is 10.3 Å². The first-order chi connectivity index (χ1) is 10.3. The highest BCUT2D eigenvalue weighted by Gasteiger charge is 2.14. The van der Waals surface area contributed by atoms with Crippen LogP contribution in [0.2, 0.25) is 10.0 Å². The van der Waals surface area contributed by atoms with Crippen molar-refractivity contribution < 1.29 is 4.79 Å². The smallest absolute Gasteiger partial charge is 0.261 e. The van der Waals surface area contributed by atoms with Crippen LogP contribution in [0.15, 0.2) is 23.3 Å². The first kappa shape index (κ1) is 16.8. The highest BCUT2D eigenvalue weighted by atomic mass is 35.5. The van der Waals surface area contributed by atoms with E-state index in [-0.39, 0.29) is 24.1 Å². The molecule has 0 spiro atoms. The molecule has 1 amide bonds. The molecule has 1 N–H and O–H groups in total. The molecule has 7 heteroatoms. The Bertz CT molecular complexity index is 771. The van der Waals surface area contributed by atoms with Gasteiger partial charge in [-0.1, -0.05) is 37.0 Å². The molecule has 0 fully saturated rings. The maximum Gasteiger partial charge on any atom is 0.261 e. The minimum atomic E-state index is -0.346. The maximum atomic E-state index is 12.4. The summed E-state index contributed by atoms with van der Waals surface area (Å²) in [6, 6.07) is 3.06. The molecule has 1 heterocycles. The Balaban J connectivity index is 2.32. The second kappa shape index (κ2) is 6.67. The van der Waals surface area contributed by atoms with Crippen molar-refractivity contribution in [1.82, 2.24) is 14.9 Å². The Morgan fingerprint density at radius 2 is 2.00 bits per heavy atom. The third-order valence-electron chi connectivity index (χ3n) is 3.55. The van der Waals surface area contributed by atoms with Crippen molar-refractivity contribution in [2.45, 2.75) is 33.4 Å². The van der Waals surface area contributed by atoms with Gasteiger partial charge >= 0.3 is 0 Å². The molecule has 22 heavy (non-hydrogen) atoms. The zero-order chi connectivity index (χ0) is 16.4. The molecule has 1 aromatic heterocycles. The number of fused-ring (bicyclic) bond motifs is 1. The summed E-state index contributed by atoms with van der Waals surface area (Å²) in [6.07, 6.45) is 1.32. The van der Waals surface area contributed by atoms with Crippen LogP contribution in [0.3, 0.4) is 0 Å². The first-order valence-corrected chi connectivity index (χ1v) is 7.68. The number of nitrogens with zero attached hydrogens (tertiary/aromatic N) is 2. The molecular formula is C15H17Cl2N3O2. The van der Waals surface area contributed by atoms with Gasteiger partial charge in [0, 0.05) is 11.1 Å². The molecule has 0 saturated carbocycles. The lowest BCUT2D eigenvalue weighted by atomic mass is 10.1. The zero-order valence-electron chi connectivity index (χ0n) is 12.6. The molecule has 1 aromatic carbocycles. The van der Waals surface area contributed by atoms with Gasteiger partial charge in [-0.15, -0.1) is 0 Å². The summed E-state index contributed by atoms with van der Waals surface area (Å²) < 4.78 is 1.25. The van der Waals surface area contributed by atoms with Crippen molar-refractivity contribution in [2.24, 2.45) is 5.92 Å². The van der Waals surface area contributed by atoms with E-state index in [4.69, 9.17) is 23.2 Å². The van der Waals surface area contributed by atoms with Crippen molar-refractivity contribution in [1.29, 1.82) is 0 Å². The van der Waals surface area contributed by atoms with Crippen molar-refractivity contribution in [3.05, 3.63) is 38.9 Å². The van der Waals surface area contributed by atoms with Gasteiger partial charge in [-0.3, -0.25) is 14.2 Å². The fourth-order valence-electron chi connectivity index (χ4n) is 1.93. The van der Waals surface area contributed by atoms with Gasteiger partial charge in [0.2, 0.25) is 5.91 Å². The third-order valence-corrected chi connectivity index (χ3v) is 4.05. The van der Waals surface area contributed by atoms with Crippen LogP contribution in [0.1, 0.15) is 20.8 Å². The lowest BCUT2D eigenvalue weighted by Crippen LogP contribution is -2.39. The van der Waals surface area contributed by atoms with Crippen molar-refractivity contribution in [3.8, 4) is 0 Å². The average Bonchev–Trinajstić information content (AvgIpc) is 2.42. The second-order valence-electron chi connectivity index (χ2n) is 5.56. The van der Waals surface area contributed by atoms with Crippen molar-refractivity contribution in [2.75, 3.05) is 0 Å². The predicted octanol–water partition coefficient (Wildman–Crippen LogP) is 2.86. The van der Waals surface area contributed by atoms with E-state index in [1.165, 1.54) is 23.0 Å². The van der Waals surface area contributed by atoms with Crippen LogP contribution in [0.25, 0.3) is 10.9 Å². The van der Waals surface area contributed by atoms with Crippen LogP contribution >= 0.6 is 23.2 Å². The molecule has 0 bridgehead atoms. The monoisotopic (exact) mass is 341 g/mol. The first-order valence-electron chi connectivity index (χ1n) is 6.93. The predicted molar refractivity (Wildman–Crippen MR) is 88.5 cm³/mol. The van der Waals surface area contributed by atoms with E-state index in [1.807, 2.05) is 20.8 Å². The Morgan fingerprint density at radius 3 is 2.64 bits per heavy atom. The van der Waals surface area contributed by atoms with Gasteiger partial charge in [0.25, 0.3) is 5.56 Å². The number of nitrogens with one attached hydrogen (secondary N) is 1. The normalized spacial score (nSPS) is 12.6. The van der Waals surface area contributed by atoms with E-state index in [9.17, 15) is 9.59 Å². The summed E-state index contributed by atoms with van der Waals surface area (Å²) in [7, 11) is 0. The van der Waals surface area contributed by atoms with Crippen LogP contribution in [0.5, 0.6) is 0 Å². The number of hydrogen-bond acceptors (Lipinski definition) is 3. The molecule has 1 unspecified atom stereocenters. The number of rotatable bonds is 4. The van der Waals surface area contributed by atoms with Crippen LogP contribution in [0, 0.1) is 5.92 Å². The van der Waals surface area contributed by atoms with Crippen LogP contribution < -0.4 is 10.9 Å². The SMILES string of the molecule is CC(C)C(C)NC(=O)Cn1cnc2c(Cl)cc(Cl)cc2c1=O. The molecule has 0 aliphatic heterocycles. The molecule has 0 aliphatic rings. The van der Waals surface area contributed by atoms with Gasteiger partial charge in [0.1, 0.15) is 6.54 Å². The van der Waals surface area contributed by atoms with Crippen molar-refractivity contribution >= 4 is 40.0 Å². The standard InChI is InChI=1S/C15H17Cl2N3O2/c1-8(2)9(3)19-13(21)6-20-7-18-14-11(15(20)22)4-10(16)5-12(14)17/h4-5,7-9H,6H2,1-3H3,(H,19,21). The second-order valence-corrected chi connectivity index (χ2v) is 6.41. The molecule has 2 aromatic rings. The summed E-state index contributed by atoms with van der Waals surface area (Å²) in [4.78, 5) is 28.6. The Kier molecular flexibility index (Phi) is 5.08. The Labute approximate surface area is 138 Å². The summed E-state index contributed by atoms with van der Waals surface area (Å²) in [5.74, 6) is 0.0746. The quantitative estimate of drug-likeness (QED) is 0.929. The summed E-state index contributed by atoms with van der Waals surface area (Å²) in [5.41, 5.74) is 0.0324. The third kappa shape index (κ3) is 3.59. The number of halogens is 2. The van der Waals surface area contributed by atoms with Gasteiger partial charge in [-0.05, 0) is 25.0 Å². The van der Waals surface area contributed by atoms with E-state index < -0.39 is 0 Å². The maximum absolute atomic E-state index is 12.4. The number of aromatic nitrogens is 2. The molecule has 0 saturated heterocycles. The average molecular weight is 342 g/mol. The van der Waals surface area contributed by atoms with Crippen LogP contribution in [-0.4, -0.2) is 21.5 Å². The Hall–Kier alpha value is -1.59. The topological polar surface area (TPSA) is 64.0 Å². The molecule has 2 rings (SSSR count). The highest BCUT2D eigenvalue weighted by molar-refractivity contribution is 6.38. The van der Waals surface area contributed by atoms with E-state index in [0.717, 1.165) is 0 Å². The highest BCUT2D eigenvalue weighted by Crippen LogP contribution is 2.23. The lowest BCUT2D eigenvalue weighted by molar-refractivity contribution is -0.122. The summed E-state index contributed by atoms with van der Waals surface area (Å²) in [6.45, 7) is 5.85. The molecule has 1 atom stereocenters. The fourth-order valence-corrected chi connectivity index (χ4v) is 2.47. The van der Waals surface area contributed by atoms with Crippen LogP contribution in [0.4, 0.5) is 0 Å². The number of hydrogen-bond donors (Lipinski definition) is 1.